The number of ether oxygens (including phenoxy) is 4. The van der Waals surface area contributed by atoms with E-state index in [0.29, 0.717) is 38.1 Å². The topological polar surface area (TPSA) is 70.1 Å². The van der Waals surface area contributed by atoms with E-state index >= 15 is 0 Å². The highest BCUT2D eigenvalue weighted by Gasteiger charge is 2.19. The minimum absolute atomic E-state index is 0.309. The Labute approximate surface area is 249 Å². The zero-order chi connectivity index (χ0) is 29.8. The van der Waals surface area contributed by atoms with Crippen molar-refractivity contribution in [1.29, 1.82) is 0 Å². The van der Waals surface area contributed by atoms with Crippen LogP contribution in [0.2, 0.25) is 0 Å². The molecule has 0 unspecified atom stereocenters. The van der Waals surface area contributed by atoms with E-state index in [0.717, 1.165) is 40.8 Å². The quantitative estimate of drug-likeness (QED) is 0.153. The molecule has 3 aromatic carbocycles. The molecule has 0 bridgehead atoms. The number of unbranched alkanes of at least 4 members (excludes halogenated alkanes) is 1. The largest absolute Gasteiger partial charge is 0.494 e. The third-order valence-corrected chi connectivity index (χ3v) is 6.31. The van der Waals surface area contributed by atoms with E-state index in [-0.39, 0.29) is 6.09 Å². The van der Waals surface area contributed by atoms with Crippen LogP contribution < -0.4 is 14.2 Å². The molecule has 0 spiro atoms. The Morgan fingerprint density at radius 1 is 0.738 bits per heavy atom. The zero-order valence-electron chi connectivity index (χ0n) is 24.9. The second-order valence-electron chi connectivity index (χ2n) is 11.0. The van der Waals surface area contributed by atoms with E-state index < -0.39 is 5.60 Å². The van der Waals surface area contributed by atoms with Gasteiger partial charge in [-0.2, -0.15) is 4.98 Å². The van der Waals surface area contributed by atoms with Crippen molar-refractivity contribution in [2.75, 3.05) is 20.2 Å². The first kappa shape index (κ1) is 30.4. The van der Waals surface area contributed by atoms with Crippen molar-refractivity contribution in [2.45, 2.75) is 52.4 Å². The van der Waals surface area contributed by atoms with Crippen molar-refractivity contribution in [3.05, 3.63) is 108 Å². The molecular weight excluding hydrogens is 528 g/mol. The van der Waals surface area contributed by atoms with Crippen molar-refractivity contribution < 1.29 is 23.7 Å². The highest BCUT2D eigenvalue weighted by molar-refractivity contribution is 5.69. The summed E-state index contributed by atoms with van der Waals surface area (Å²) < 4.78 is 23.5. The van der Waals surface area contributed by atoms with Crippen molar-refractivity contribution in [3.63, 3.8) is 0 Å². The number of nitrogens with zero attached hydrogens (tertiary/aromatic N) is 2. The number of pyridine rings is 1. The minimum Gasteiger partial charge on any atom is -0.494 e. The maximum atomic E-state index is 12.1. The molecule has 0 N–H and O–H groups in total. The van der Waals surface area contributed by atoms with Gasteiger partial charge in [-0.1, -0.05) is 72.8 Å². The maximum absolute atomic E-state index is 12.1. The van der Waals surface area contributed by atoms with Crippen LogP contribution in [0.1, 0.15) is 44.7 Å². The second-order valence-corrected chi connectivity index (χ2v) is 11.0. The Hall–Kier alpha value is -4.52. The molecule has 220 valence electrons. The number of aromatic nitrogens is 1. The van der Waals surface area contributed by atoms with Gasteiger partial charge in [0.15, 0.2) is 0 Å². The normalized spacial score (nSPS) is 11.0. The van der Waals surface area contributed by atoms with Crippen LogP contribution in [0, 0.1) is 0 Å². The van der Waals surface area contributed by atoms with Crippen molar-refractivity contribution in [1.82, 2.24) is 9.88 Å². The molecule has 0 saturated carbocycles. The lowest BCUT2D eigenvalue weighted by molar-refractivity contribution is 0.0294. The van der Waals surface area contributed by atoms with Crippen LogP contribution >= 0.6 is 0 Å². The van der Waals surface area contributed by atoms with Gasteiger partial charge in [-0.15, -0.1) is 0 Å². The van der Waals surface area contributed by atoms with Crippen LogP contribution in [0.4, 0.5) is 4.79 Å². The first-order chi connectivity index (χ1) is 20.3. The number of amides is 1. The maximum Gasteiger partial charge on any atom is 0.410 e. The molecule has 7 heteroatoms. The molecule has 1 aromatic heterocycles. The summed E-state index contributed by atoms with van der Waals surface area (Å²) in [5.74, 6) is 1.79. The van der Waals surface area contributed by atoms with E-state index in [1.54, 1.807) is 11.9 Å². The first-order valence-corrected chi connectivity index (χ1v) is 14.3. The smallest absolute Gasteiger partial charge is 0.410 e. The third kappa shape index (κ3) is 9.84. The highest BCUT2D eigenvalue weighted by atomic mass is 16.6. The van der Waals surface area contributed by atoms with Gasteiger partial charge < -0.3 is 23.8 Å². The van der Waals surface area contributed by atoms with Gasteiger partial charge >= 0.3 is 6.09 Å². The van der Waals surface area contributed by atoms with Crippen LogP contribution in [0.15, 0.2) is 97.1 Å². The van der Waals surface area contributed by atoms with Crippen molar-refractivity contribution in [2.24, 2.45) is 0 Å². The van der Waals surface area contributed by atoms with Gasteiger partial charge in [0.05, 0.1) is 6.61 Å². The average molecular weight is 569 g/mol. The van der Waals surface area contributed by atoms with E-state index in [1.807, 2.05) is 118 Å². The number of carbonyl (C=O) groups excluding carboxylic acids is 1. The SMILES string of the molecule is CN(CCCCOc1ccc(-c2ccc(OCc3ccccc3)nc2OCc2ccccc2)cc1)C(=O)OC(C)(C)C. The van der Waals surface area contributed by atoms with Crippen LogP contribution in [-0.4, -0.2) is 41.8 Å². The zero-order valence-corrected chi connectivity index (χ0v) is 24.9. The van der Waals surface area contributed by atoms with Crippen molar-refractivity contribution >= 4 is 6.09 Å². The molecule has 0 atom stereocenters. The van der Waals surface area contributed by atoms with E-state index in [1.165, 1.54) is 0 Å². The predicted molar refractivity (Wildman–Crippen MR) is 165 cm³/mol. The molecular formula is C35H40N2O5. The summed E-state index contributed by atoms with van der Waals surface area (Å²) in [7, 11) is 1.75. The fourth-order valence-corrected chi connectivity index (χ4v) is 4.09. The fourth-order valence-electron chi connectivity index (χ4n) is 4.09. The number of hydrogen-bond donors (Lipinski definition) is 0. The Kier molecular flexibility index (Phi) is 10.8. The van der Waals surface area contributed by atoms with E-state index in [9.17, 15) is 4.79 Å². The average Bonchev–Trinajstić information content (AvgIpc) is 2.99. The predicted octanol–water partition coefficient (Wildman–Crippen LogP) is 7.93. The standard InChI is InChI=1S/C35H40N2O5/c1-35(2,3)42-34(38)37(4)23-11-12-24-39-30-19-17-29(18-20-30)31-21-22-32(40-25-27-13-7-5-8-14-27)36-33(31)41-26-28-15-9-6-10-16-28/h5-10,13-22H,11-12,23-26H2,1-4H3. The van der Waals surface area contributed by atoms with Gasteiger partial charge in [0.25, 0.3) is 0 Å². The summed E-state index contributed by atoms with van der Waals surface area (Å²) in [5, 5.41) is 0. The molecule has 0 radical (unpaired) electrons. The molecule has 0 saturated heterocycles. The summed E-state index contributed by atoms with van der Waals surface area (Å²) in [4.78, 5) is 18.4. The summed E-state index contributed by atoms with van der Waals surface area (Å²) in [6.07, 6.45) is 1.33. The fraction of sp³-hybridized carbons (Fsp3) is 0.314. The molecule has 7 nitrogen and oxygen atoms in total. The van der Waals surface area contributed by atoms with Crippen LogP contribution in [0.5, 0.6) is 17.5 Å². The number of hydrogen-bond acceptors (Lipinski definition) is 6. The first-order valence-electron chi connectivity index (χ1n) is 14.3. The van der Waals surface area contributed by atoms with Crippen molar-refractivity contribution in [3.8, 4) is 28.6 Å². The summed E-state index contributed by atoms with van der Waals surface area (Å²) in [6, 6.07) is 31.8. The Morgan fingerprint density at radius 3 is 1.98 bits per heavy atom. The Morgan fingerprint density at radius 2 is 1.36 bits per heavy atom. The number of benzene rings is 3. The summed E-state index contributed by atoms with van der Waals surface area (Å²) in [5.41, 5.74) is 3.47. The summed E-state index contributed by atoms with van der Waals surface area (Å²) in [6.45, 7) is 7.59. The van der Waals surface area contributed by atoms with Crippen LogP contribution in [-0.2, 0) is 18.0 Å². The molecule has 1 heterocycles. The van der Waals surface area contributed by atoms with E-state index in [2.05, 4.69) is 0 Å². The van der Waals surface area contributed by atoms with Crippen LogP contribution in [0.3, 0.4) is 0 Å². The molecule has 0 aliphatic heterocycles. The Bertz CT molecular complexity index is 1390. The van der Waals surface area contributed by atoms with E-state index in [4.69, 9.17) is 23.9 Å². The number of rotatable bonds is 13. The van der Waals surface area contributed by atoms with Gasteiger partial charge in [0, 0.05) is 25.2 Å². The highest BCUT2D eigenvalue weighted by Crippen LogP contribution is 2.32. The Balaban J connectivity index is 1.35. The molecule has 0 fully saturated rings. The molecule has 0 aliphatic carbocycles. The monoisotopic (exact) mass is 568 g/mol. The van der Waals surface area contributed by atoms with Gasteiger partial charge in [-0.3, -0.25) is 0 Å². The minimum atomic E-state index is -0.496. The third-order valence-electron chi connectivity index (χ3n) is 6.31. The molecule has 4 aromatic rings. The van der Waals surface area contributed by atoms with Gasteiger partial charge in [-0.05, 0) is 68.5 Å². The van der Waals surface area contributed by atoms with Crippen LogP contribution in [0.25, 0.3) is 11.1 Å². The summed E-state index contributed by atoms with van der Waals surface area (Å²) >= 11 is 0. The number of carbonyl (C=O) groups is 1. The second kappa shape index (κ2) is 14.9. The van der Waals surface area contributed by atoms with Gasteiger partial charge in [0.2, 0.25) is 11.8 Å². The van der Waals surface area contributed by atoms with Gasteiger partial charge in [-0.25, -0.2) is 4.79 Å². The molecule has 1 amide bonds. The lowest BCUT2D eigenvalue weighted by Gasteiger charge is -2.24. The lowest BCUT2D eigenvalue weighted by atomic mass is 10.1. The molecule has 42 heavy (non-hydrogen) atoms. The van der Waals surface area contributed by atoms with Gasteiger partial charge in [0.1, 0.15) is 24.6 Å². The lowest BCUT2D eigenvalue weighted by Crippen LogP contribution is -2.34. The molecule has 0 aliphatic rings. The molecule has 4 rings (SSSR count).